The summed E-state index contributed by atoms with van der Waals surface area (Å²) in [4.78, 5) is 12.3. The topological polar surface area (TPSA) is 29.1 Å². The van der Waals surface area contributed by atoms with Crippen molar-refractivity contribution in [1.29, 1.82) is 0 Å². The number of carbonyl (C=O) groups is 1. The van der Waals surface area contributed by atoms with Gasteiger partial charge in [-0.05, 0) is 41.8 Å². The summed E-state index contributed by atoms with van der Waals surface area (Å²) in [7, 11) is 0. The third-order valence-electron chi connectivity index (χ3n) is 4.32. The largest absolute Gasteiger partial charge is 0.416 e. The predicted octanol–water partition coefficient (Wildman–Crippen LogP) is 5.86. The van der Waals surface area contributed by atoms with Crippen molar-refractivity contribution in [3.63, 3.8) is 0 Å². The van der Waals surface area contributed by atoms with Gasteiger partial charge in [0.1, 0.15) is 0 Å². The zero-order chi connectivity index (χ0) is 19.4. The van der Waals surface area contributed by atoms with Crippen LogP contribution < -0.4 is 5.32 Å². The van der Waals surface area contributed by atoms with Crippen LogP contribution >= 0.6 is 0 Å². The Labute approximate surface area is 155 Å². The average molecular weight is 369 g/mol. The molecule has 27 heavy (non-hydrogen) atoms. The van der Waals surface area contributed by atoms with E-state index in [1.807, 2.05) is 54.6 Å². The van der Waals surface area contributed by atoms with Gasteiger partial charge in [0, 0.05) is 5.56 Å². The molecule has 0 fully saturated rings. The van der Waals surface area contributed by atoms with E-state index < -0.39 is 17.6 Å². The van der Waals surface area contributed by atoms with E-state index in [-0.39, 0.29) is 11.6 Å². The Hall–Kier alpha value is -3.08. The zero-order valence-corrected chi connectivity index (χ0v) is 14.6. The molecular formula is C22H18F3NO. The molecule has 1 amide bonds. The minimum atomic E-state index is -4.48. The van der Waals surface area contributed by atoms with Gasteiger partial charge < -0.3 is 5.32 Å². The first-order valence-electron chi connectivity index (χ1n) is 8.48. The van der Waals surface area contributed by atoms with Crippen LogP contribution in [-0.4, -0.2) is 5.91 Å². The molecule has 0 aliphatic carbocycles. The maximum atomic E-state index is 12.8. The van der Waals surface area contributed by atoms with E-state index in [1.165, 1.54) is 12.1 Å². The van der Waals surface area contributed by atoms with Crippen molar-refractivity contribution in [3.8, 4) is 11.1 Å². The molecule has 3 aromatic carbocycles. The summed E-state index contributed by atoms with van der Waals surface area (Å²) in [5, 5.41) is 2.74. The number of amides is 1. The number of benzene rings is 3. The predicted molar refractivity (Wildman–Crippen MR) is 99.2 cm³/mol. The maximum Gasteiger partial charge on any atom is 0.416 e. The van der Waals surface area contributed by atoms with E-state index in [4.69, 9.17) is 0 Å². The van der Waals surface area contributed by atoms with Crippen molar-refractivity contribution in [1.82, 2.24) is 5.32 Å². The molecule has 138 valence electrons. The van der Waals surface area contributed by atoms with Crippen LogP contribution in [0.2, 0.25) is 0 Å². The molecule has 3 rings (SSSR count). The van der Waals surface area contributed by atoms with Crippen molar-refractivity contribution < 1.29 is 18.0 Å². The van der Waals surface area contributed by atoms with Crippen LogP contribution in [0.3, 0.4) is 0 Å². The highest BCUT2D eigenvalue weighted by molar-refractivity contribution is 5.94. The van der Waals surface area contributed by atoms with E-state index in [9.17, 15) is 18.0 Å². The molecule has 0 spiro atoms. The molecule has 5 heteroatoms. The van der Waals surface area contributed by atoms with Crippen molar-refractivity contribution in [2.75, 3.05) is 0 Å². The summed E-state index contributed by atoms with van der Waals surface area (Å²) >= 11 is 0. The van der Waals surface area contributed by atoms with E-state index in [2.05, 4.69) is 5.32 Å². The third-order valence-corrected chi connectivity index (χ3v) is 4.32. The number of nitrogens with one attached hydrogen (secondary N) is 1. The average Bonchev–Trinajstić information content (AvgIpc) is 2.68. The number of alkyl halides is 3. The molecule has 0 saturated carbocycles. The molecule has 3 aromatic rings. The first-order valence-corrected chi connectivity index (χ1v) is 8.48. The second kappa shape index (κ2) is 7.66. The lowest BCUT2D eigenvalue weighted by molar-refractivity contribution is -0.137. The Morgan fingerprint density at radius 3 is 2.11 bits per heavy atom. The summed E-state index contributed by atoms with van der Waals surface area (Å²) in [5.74, 6) is -0.541. The summed E-state index contributed by atoms with van der Waals surface area (Å²) < 4.78 is 38.4. The molecule has 0 saturated heterocycles. The minimum Gasteiger partial charge on any atom is -0.346 e. The highest BCUT2D eigenvalue weighted by atomic mass is 19.4. The van der Waals surface area contributed by atoms with E-state index >= 15 is 0 Å². The van der Waals surface area contributed by atoms with Gasteiger partial charge in [0.2, 0.25) is 0 Å². The lowest BCUT2D eigenvalue weighted by atomic mass is 10.0. The molecule has 0 bridgehead atoms. The summed E-state index contributed by atoms with van der Waals surface area (Å²) in [6.45, 7) is 1.79. The summed E-state index contributed by atoms with van der Waals surface area (Å²) in [5.41, 5.74) is 2.16. The SMILES string of the molecule is C[C@@H](NC(=O)c1cccc(C(F)(F)F)c1)c1ccc(-c2ccccc2)cc1. The molecule has 0 unspecified atom stereocenters. The first kappa shape index (κ1) is 18.7. The van der Waals surface area contributed by atoms with Gasteiger partial charge in [-0.25, -0.2) is 0 Å². The van der Waals surface area contributed by atoms with Crippen LogP contribution in [0.15, 0.2) is 78.9 Å². The van der Waals surface area contributed by atoms with E-state index in [0.29, 0.717) is 0 Å². The highest BCUT2D eigenvalue weighted by Gasteiger charge is 2.31. The zero-order valence-electron chi connectivity index (χ0n) is 14.6. The standard InChI is InChI=1S/C22H18F3NO/c1-15(16-10-12-18(13-11-16)17-6-3-2-4-7-17)26-21(27)19-8-5-9-20(14-19)22(23,24)25/h2-15H,1H3,(H,26,27)/t15-/m1/s1. The maximum absolute atomic E-state index is 12.8. The van der Waals surface area contributed by atoms with Gasteiger partial charge in [-0.15, -0.1) is 0 Å². The Bertz CT molecular complexity index is 918. The second-order valence-corrected chi connectivity index (χ2v) is 6.26. The first-order chi connectivity index (χ1) is 12.8. The fourth-order valence-electron chi connectivity index (χ4n) is 2.79. The molecule has 0 radical (unpaired) electrons. The lowest BCUT2D eigenvalue weighted by Crippen LogP contribution is -2.26. The van der Waals surface area contributed by atoms with Gasteiger partial charge in [0.25, 0.3) is 5.91 Å². The minimum absolute atomic E-state index is 0.0161. The fraction of sp³-hybridized carbons (Fsp3) is 0.136. The normalized spacial score (nSPS) is 12.4. The Kier molecular flexibility index (Phi) is 5.31. The molecule has 1 N–H and O–H groups in total. The van der Waals surface area contributed by atoms with Crippen LogP contribution in [0.1, 0.15) is 34.5 Å². The van der Waals surface area contributed by atoms with Gasteiger partial charge in [0.15, 0.2) is 0 Å². The summed E-state index contributed by atoms with van der Waals surface area (Å²) in [6, 6.07) is 21.7. The van der Waals surface area contributed by atoms with Crippen LogP contribution in [0.5, 0.6) is 0 Å². The van der Waals surface area contributed by atoms with Crippen molar-refractivity contribution in [2.45, 2.75) is 19.1 Å². The van der Waals surface area contributed by atoms with Crippen molar-refractivity contribution in [3.05, 3.63) is 95.6 Å². The van der Waals surface area contributed by atoms with Crippen LogP contribution in [0.25, 0.3) is 11.1 Å². The number of carbonyl (C=O) groups excluding carboxylic acids is 1. The van der Waals surface area contributed by atoms with Gasteiger partial charge in [-0.2, -0.15) is 13.2 Å². The molecule has 0 aromatic heterocycles. The quantitative estimate of drug-likeness (QED) is 0.613. The van der Waals surface area contributed by atoms with E-state index in [1.54, 1.807) is 6.92 Å². The Balaban J connectivity index is 1.72. The molecule has 0 aliphatic rings. The Morgan fingerprint density at radius 2 is 1.48 bits per heavy atom. The smallest absolute Gasteiger partial charge is 0.346 e. The van der Waals surface area contributed by atoms with Crippen LogP contribution in [0.4, 0.5) is 13.2 Å². The third kappa shape index (κ3) is 4.56. The highest BCUT2D eigenvalue weighted by Crippen LogP contribution is 2.29. The molecular weight excluding hydrogens is 351 g/mol. The van der Waals surface area contributed by atoms with Crippen LogP contribution in [0, 0.1) is 0 Å². The molecule has 2 nitrogen and oxygen atoms in total. The van der Waals surface area contributed by atoms with Crippen LogP contribution in [-0.2, 0) is 6.18 Å². The van der Waals surface area contributed by atoms with Gasteiger partial charge >= 0.3 is 6.18 Å². The van der Waals surface area contributed by atoms with Gasteiger partial charge in [0.05, 0.1) is 11.6 Å². The number of halogens is 3. The Morgan fingerprint density at radius 1 is 0.852 bits per heavy atom. The number of hydrogen-bond donors (Lipinski definition) is 1. The van der Waals surface area contributed by atoms with Gasteiger partial charge in [-0.1, -0.05) is 60.7 Å². The van der Waals surface area contributed by atoms with Gasteiger partial charge in [-0.3, -0.25) is 4.79 Å². The second-order valence-electron chi connectivity index (χ2n) is 6.26. The molecule has 0 heterocycles. The van der Waals surface area contributed by atoms with E-state index in [0.717, 1.165) is 28.8 Å². The molecule has 0 aliphatic heterocycles. The lowest BCUT2D eigenvalue weighted by Gasteiger charge is -2.16. The monoisotopic (exact) mass is 369 g/mol. The summed E-state index contributed by atoms with van der Waals surface area (Å²) in [6.07, 6.45) is -4.48. The molecule has 1 atom stereocenters. The van der Waals surface area contributed by atoms with Crippen molar-refractivity contribution in [2.24, 2.45) is 0 Å². The number of rotatable bonds is 4. The van der Waals surface area contributed by atoms with Crippen molar-refractivity contribution >= 4 is 5.91 Å². The number of hydrogen-bond acceptors (Lipinski definition) is 1. The fourth-order valence-corrected chi connectivity index (χ4v) is 2.79.